The summed E-state index contributed by atoms with van der Waals surface area (Å²) in [7, 11) is 0. The summed E-state index contributed by atoms with van der Waals surface area (Å²) < 4.78 is 10.5. The Hall–Kier alpha value is -3.11. The van der Waals surface area contributed by atoms with Gasteiger partial charge in [-0.05, 0) is 44.1 Å². The third-order valence-corrected chi connectivity index (χ3v) is 7.92. The number of carbonyl (C=O) groups is 5. The van der Waals surface area contributed by atoms with Gasteiger partial charge in [-0.2, -0.15) is 0 Å². The van der Waals surface area contributed by atoms with E-state index in [9.17, 15) is 24.0 Å². The first-order chi connectivity index (χ1) is 18.7. The van der Waals surface area contributed by atoms with Gasteiger partial charge in [0.1, 0.15) is 18.0 Å². The molecule has 0 radical (unpaired) electrons. The fourth-order valence-corrected chi connectivity index (χ4v) is 5.32. The lowest BCUT2D eigenvalue weighted by atomic mass is 9.62. The molecule has 4 N–H and O–H groups in total. The molecule has 0 spiro atoms. The molecule has 214 valence electrons. The van der Waals surface area contributed by atoms with Crippen molar-refractivity contribution in [3.05, 3.63) is 35.9 Å². The van der Waals surface area contributed by atoms with Crippen LogP contribution in [0.2, 0.25) is 0 Å². The average molecular weight is 544 g/mol. The van der Waals surface area contributed by atoms with Crippen molar-refractivity contribution in [3.8, 4) is 0 Å². The van der Waals surface area contributed by atoms with Gasteiger partial charge in [0.15, 0.2) is 5.78 Å². The highest BCUT2D eigenvalue weighted by atomic mass is 16.5. The molecule has 2 aliphatic rings. The number of benzene rings is 1. The molecular formula is C29H41N3O7. The second kappa shape index (κ2) is 13.8. The van der Waals surface area contributed by atoms with E-state index in [1.165, 1.54) is 0 Å². The molecule has 2 unspecified atom stereocenters. The van der Waals surface area contributed by atoms with E-state index in [1.807, 2.05) is 37.3 Å². The number of carbonyl (C=O) groups excluding carboxylic acids is 5. The highest BCUT2D eigenvalue weighted by molar-refractivity contribution is 6.38. The first-order valence-electron chi connectivity index (χ1n) is 13.8. The number of nitrogens with one attached hydrogen (secondary N) is 2. The molecular weight excluding hydrogens is 502 g/mol. The van der Waals surface area contributed by atoms with Crippen molar-refractivity contribution in [2.45, 2.75) is 71.4 Å². The average Bonchev–Trinajstić information content (AvgIpc) is 3.71. The summed E-state index contributed by atoms with van der Waals surface area (Å²) in [5.74, 6) is -3.82. The molecule has 2 fully saturated rings. The van der Waals surface area contributed by atoms with Crippen LogP contribution in [-0.4, -0.2) is 61.7 Å². The van der Waals surface area contributed by atoms with Crippen molar-refractivity contribution in [1.82, 2.24) is 10.6 Å². The van der Waals surface area contributed by atoms with Crippen LogP contribution in [0.15, 0.2) is 30.3 Å². The van der Waals surface area contributed by atoms with Crippen LogP contribution in [0.1, 0.15) is 64.4 Å². The predicted molar refractivity (Wildman–Crippen MR) is 143 cm³/mol. The quantitative estimate of drug-likeness (QED) is 0.172. The highest BCUT2D eigenvalue weighted by Crippen LogP contribution is 2.53. The highest BCUT2D eigenvalue weighted by Gasteiger charge is 2.60. The first-order valence-corrected chi connectivity index (χ1v) is 13.8. The zero-order valence-electron chi connectivity index (χ0n) is 23.0. The fourth-order valence-electron chi connectivity index (χ4n) is 5.32. The van der Waals surface area contributed by atoms with Gasteiger partial charge in [0.2, 0.25) is 11.7 Å². The van der Waals surface area contributed by atoms with Crippen molar-refractivity contribution in [3.63, 3.8) is 0 Å². The molecule has 0 aliphatic heterocycles. The Morgan fingerprint density at radius 3 is 2.33 bits per heavy atom. The number of hydrogen-bond acceptors (Lipinski definition) is 8. The molecule has 10 heteroatoms. The van der Waals surface area contributed by atoms with Gasteiger partial charge in [-0.1, -0.05) is 56.5 Å². The van der Waals surface area contributed by atoms with Crippen molar-refractivity contribution >= 4 is 29.4 Å². The number of hydrogen-bond donors (Lipinski definition) is 3. The Bertz CT molecular complexity index is 1030. The maximum atomic E-state index is 14.0. The molecule has 2 aliphatic carbocycles. The van der Waals surface area contributed by atoms with Crippen molar-refractivity contribution in [1.29, 1.82) is 0 Å². The molecule has 0 aromatic heterocycles. The maximum absolute atomic E-state index is 14.0. The molecule has 2 amide bonds. The lowest BCUT2D eigenvalue weighted by Crippen LogP contribution is -2.61. The standard InChI is InChI=1S/C29H41N3O7/c1-3-39-23(33)16-31-25(35)24(34)22(18-38-17-20-10-6-4-7-11-20)32-27(37)29(19-30,21-12-8-5-9-13-21)26(36)28(2)14-15-28/h4,6-7,10-11,21-22H,3,5,8-9,12-19,30H2,1-2H3,(H,31,35)(H,32,37). The molecule has 0 heterocycles. The van der Waals surface area contributed by atoms with Crippen LogP contribution in [0.25, 0.3) is 0 Å². The third-order valence-electron chi connectivity index (χ3n) is 7.92. The first kappa shape index (κ1) is 30.4. The molecule has 0 bridgehead atoms. The Kier molecular flexibility index (Phi) is 10.8. The van der Waals surface area contributed by atoms with Crippen molar-refractivity contribution < 1.29 is 33.4 Å². The summed E-state index contributed by atoms with van der Waals surface area (Å²) in [6, 6.07) is 7.86. The summed E-state index contributed by atoms with van der Waals surface area (Å²) in [6.45, 7) is 2.78. The maximum Gasteiger partial charge on any atom is 0.325 e. The van der Waals surface area contributed by atoms with E-state index in [1.54, 1.807) is 6.92 Å². The van der Waals surface area contributed by atoms with Gasteiger partial charge < -0.3 is 25.8 Å². The second-order valence-electron chi connectivity index (χ2n) is 10.8. The monoisotopic (exact) mass is 543 g/mol. The molecule has 0 saturated heterocycles. The smallest absolute Gasteiger partial charge is 0.325 e. The van der Waals surface area contributed by atoms with E-state index in [4.69, 9.17) is 15.2 Å². The van der Waals surface area contributed by atoms with Gasteiger partial charge in [-0.25, -0.2) is 0 Å². The van der Waals surface area contributed by atoms with E-state index < -0.39 is 47.0 Å². The Balaban J connectivity index is 1.82. The molecule has 3 rings (SSSR count). The zero-order chi connectivity index (χ0) is 28.5. The third kappa shape index (κ3) is 7.51. The van der Waals surface area contributed by atoms with E-state index in [0.717, 1.165) is 24.8 Å². The van der Waals surface area contributed by atoms with Crippen LogP contribution in [-0.2, 0) is 40.1 Å². The van der Waals surface area contributed by atoms with Crippen LogP contribution < -0.4 is 16.4 Å². The minimum atomic E-state index is -1.50. The number of ketones is 2. The topological polar surface area (TPSA) is 154 Å². The van der Waals surface area contributed by atoms with Gasteiger partial charge >= 0.3 is 5.97 Å². The van der Waals surface area contributed by atoms with Gasteiger partial charge in [0.25, 0.3) is 5.91 Å². The van der Waals surface area contributed by atoms with Crippen LogP contribution >= 0.6 is 0 Å². The van der Waals surface area contributed by atoms with Crippen LogP contribution in [0, 0.1) is 16.7 Å². The molecule has 1 aromatic rings. The number of nitrogens with two attached hydrogens (primary N) is 1. The van der Waals surface area contributed by atoms with E-state index in [2.05, 4.69) is 10.6 Å². The normalized spacial score (nSPS) is 18.7. The molecule has 2 atom stereocenters. The SMILES string of the molecule is CCOC(=O)CNC(=O)C(=O)C(COCc1ccccc1)NC(=O)C(CN)(C(=O)C1(C)CC1)C1CCCCC1. The van der Waals surface area contributed by atoms with Gasteiger partial charge in [0, 0.05) is 12.0 Å². The number of amides is 2. The minimum Gasteiger partial charge on any atom is -0.465 e. The molecule has 10 nitrogen and oxygen atoms in total. The minimum absolute atomic E-state index is 0.129. The Labute approximate surface area is 229 Å². The van der Waals surface area contributed by atoms with Gasteiger partial charge in [-0.3, -0.25) is 24.0 Å². The van der Waals surface area contributed by atoms with E-state index >= 15 is 0 Å². The van der Waals surface area contributed by atoms with Crippen molar-refractivity contribution in [2.24, 2.45) is 22.5 Å². The summed E-state index contributed by atoms with van der Waals surface area (Å²) in [6.07, 6.45) is 5.56. The lowest BCUT2D eigenvalue weighted by molar-refractivity contribution is -0.152. The van der Waals surface area contributed by atoms with Crippen LogP contribution in [0.5, 0.6) is 0 Å². The second-order valence-corrected chi connectivity index (χ2v) is 10.8. The molecule has 1 aromatic carbocycles. The van der Waals surface area contributed by atoms with Gasteiger partial charge in [0.05, 0.1) is 19.8 Å². The zero-order valence-corrected chi connectivity index (χ0v) is 23.0. The Morgan fingerprint density at radius 1 is 1.08 bits per heavy atom. The molecule has 39 heavy (non-hydrogen) atoms. The largest absolute Gasteiger partial charge is 0.465 e. The molecule has 2 saturated carbocycles. The Morgan fingerprint density at radius 2 is 1.74 bits per heavy atom. The number of esters is 1. The number of Topliss-reactive ketones (excluding diaryl/α,β-unsaturated/α-hetero) is 2. The fraction of sp³-hybridized carbons (Fsp3) is 0.621. The van der Waals surface area contributed by atoms with Crippen LogP contribution in [0.3, 0.4) is 0 Å². The lowest BCUT2D eigenvalue weighted by Gasteiger charge is -2.41. The summed E-state index contributed by atoms with van der Waals surface area (Å²) in [5.41, 5.74) is 4.97. The van der Waals surface area contributed by atoms with E-state index in [0.29, 0.717) is 25.7 Å². The summed E-state index contributed by atoms with van der Waals surface area (Å²) in [4.78, 5) is 65.4. The predicted octanol–water partition coefficient (Wildman–Crippen LogP) is 1.83. The summed E-state index contributed by atoms with van der Waals surface area (Å²) >= 11 is 0. The number of ether oxygens (including phenoxy) is 2. The number of rotatable bonds is 15. The van der Waals surface area contributed by atoms with Gasteiger partial charge in [-0.15, -0.1) is 0 Å². The summed E-state index contributed by atoms with van der Waals surface area (Å²) in [5, 5.41) is 4.92. The van der Waals surface area contributed by atoms with E-state index in [-0.39, 0.29) is 38.1 Å². The van der Waals surface area contributed by atoms with Crippen molar-refractivity contribution in [2.75, 3.05) is 26.3 Å². The van der Waals surface area contributed by atoms with Crippen LogP contribution in [0.4, 0.5) is 0 Å².